The summed E-state index contributed by atoms with van der Waals surface area (Å²) < 4.78 is 13.3. The first-order chi connectivity index (χ1) is 13.7. The van der Waals surface area contributed by atoms with Gasteiger partial charge in [-0.2, -0.15) is 5.26 Å². The van der Waals surface area contributed by atoms with E-state index in [1.807, 2.05) is 42.5 Å². The molecule has 0 bridgehead atoms. The third-order valence-corrected chi connectivity index (χ3v) is 4.67. The Bertz CT molecular complexity index is 1180. The van der Waals surface area contributed by atoms with Gasteiger partial charge in [-0.1, -0.05) is 54.6 Å². The van der Waals surface area contributed by atoms with Crippen molar-refractivity contribution in [2.24, 2.45) is 0 Å². The molecule has 28 heavy (non-hydrogen) atoms. The van der Waals surface area contributed by atoms with Gasteiger partial charge in [0, 0.05) is 6.07 Å². The molecule has 0 amide bonds. The standard InChI is InChI=1S/C23H19N3O2/c1-27-21-11-4-5-12-22(21)28-23-20(25)13-18(14-24)26(23)15-17-9-6-8-16-7-2-3-10-19(16)17/h2-13H,15,25H2,1H3. The quantitative estimate of drug-likeness (QED) is 0.540. The van der Waals surface area contributed by atoms with Gasteiger partial charge in [-0.15, -0.1) is 0 Å². The van der Waals surface area contributed by atoms with Crippen LogP contribution < -0.4 is 15.2 Å². The van der Waals surface area contributed by atoms with E-state index in [0.29, 0.717) is 35.3 Å². The lowest BCUT2D eigenvalue weighted by molar-refractivity contribution is 0.368. The van der Waals surface area contributed by atoms with Gasteiger partial charge in [-0.3, -0.25) is 4.57 Å². The second kappa shape index (κ2) is 7.37. The van der Waals surface area contributed by atoms with E-state index in [9.17, 15) is 5.26 Å². The Morgan fingerprint density at radius 1 is 0.964 bits per heavy atom. The average Bonchev–Trinajstić information content (AvgIpc) is 3.03. The van der Waals surface area contributed by atoms with Gasteiger partial charge in [-0.05, 0) is 28.5 Å². The van der Waals surface area contributed by atoms with Crippen LogP contribution in [-0.4, -0.2) is 11.7 Å². The van der Waals surface area contributed by atoms with Crippen LogP contribution in [0.5, 0.6) is 17.4 Å². The number of rotatable bonds is 5. The van der Waals surface area contributed by atoms with Gasteiger partial charge in [0.15, 0.2) is 11.5 Å². The second-order valence-corrected chi connectivity index (χ2v) is 6.38. The minimum atomic E-state index is 0.405. The summed E-state index contributed by atoms with van der Waals surface area (Å²) in [4.78, 5) is 0. The Kier molecular flexibility index (Phi) is 4.61. The molecule has 0 aliphatic carbocycles. The molecule has 1 heterocycles. The summed E-state index contributed by atoms with van der Waals surface area (Å²) in [5.74, 6) is 1.56. The maximum atomic E-state index is 9.61. The van der Waals surface area contributed by atoms with Crippen molar-refractivity contribution in [2.75, 3.05) is 12.8 Å². The lowest BCUT2D eigenvalue weighted by Crippen LogP contribution is -2.06. The number of fused-ring (bicyclic) bond motifs is 1. The van der Waals surface area contributed by atoms with Crippen LogP contribution in [0.25, 0.3) is 10.8 Å². The summed E-state index contributed by atoms with van der Waals surface area (Å²) in [5, 5.41) is 11.9. The number of hydrogen-bond donors (Lipinski definition) is 1. The molecule has 138 valence electrons. The third-order valence-electron chi connectivity index (χ3n) is 4.67. The zero-order valence-corrected chi connectivity index (χ0v) is 15.4. The lowest BCUT2D eigenvalue weighted by atomic mass is 10.0. The molecule has 0 saturated carbocycles. The van der Waals surface area contributed by atoms with Gasteiger partial charge in [0.25, 0.3) is 0 Å². The molecular weight excluding hydrogens is 350 g/mol. The zero-order chi connectivity index (χ0) is 19.5. The summed E-state index contributed by atoms with van der Waals surface area (Å²) in [6.45, 7) is 0.464. The van der Waals surface area contributed by atoms with Gasteiger partial charge < -0.3 is 15.2 Å². The van der Waals surface area contributed by atoms with E-state index >= 15 is 0 Å². The van der Waals surface area contributed by atoms with Gasteiger partial charge in [0.1, 0.15) is 11.8 Å². The maximum absolute atomic E-state index is 9.61. The first kappa shape index (κ1) is 17.5. The number of nitriles is 1. The molecule has 4 rings (SSSR count). The number of nitrogen functional groups attached to an aromatic ring is 1. The van der Waals surface area contributed by atoms with Crippen molar-refractivity contribution in [3.63, 3.8) is 0 Å². The molecule has 0 fully saturated rings. The largest absolute Gasteiger partial charge is 0.493 e. The molecule has 0 saturated heterocycles. The SMILES string of the molecule is COc1ccccc1Oc1c(N)cc(C#N)n1Cc1cccc2ccccc12. The van der Waals surface area contributed by atoms with Crippen LogP contribution in [0.3, 0.4) is 0 Å². The van der Waals surface area contributed by atoms with Crippen LogP contribution in [0.15, 0.2) is 72.8 Å². The van der Waals surface area contributed by atoms with Gasteiger partial charge in [-0.25, -0.2) is 0 Å². The topological polar surface area (TPSA) is 73.2 Å². The average molecular weight is 369 g/mol. The molecule has 5 heteroatoms. The van der Waals surface area contributed by atoms with E-state index in [-0.39, 0.29) is 0 Å². The van der Waals surface area contributed by atoms with Gasteiger partial charge in [0.05, 0.1) is 19.3 Å². The summed E-state index contributed by atoms with van der Waals surface area (Å²) >= 11 is 0. The molecule has 0 aliphatic heterocycles. The number of anilines is 1. The van der Waals surface area contributed by atoms with Crippen LogP contribution in [0, 0.1) is 11.3 Å². The molecule has 0 atom stereocenters. The number of benzene rings is 3. The molecule has 1 aromatic heterocycles. The van der Waals surface area contributed by atoms with Crippen molar-refractivity contribution in [3.05, 3.63) is 84.1 Å². The first-order valence-corrected chi connectivity index (χ1v) is 8.88. The fourth-order valence-corrected chi connectivity index (χ4v) is 3.32. The Balaban J connectivity index is 1.80. The van der Waals surface area contributed by atoms with Gasteiger partial charge >= 0.3 is 0 Å². The Morgan fingerprint density at radius 2 is 1.68 bits per heavy atom. The zero-order valence-electron chi connectivity index (χ0n) is 15.4. The highest BCUT2D eigenvalue weighted by Gasteiger charge is 2.18. The Morgan fingerprint density at radius 3 is 2.46 bits per heavy atom. The molecule has 2 N–H and O–H groups in total. The summed E-state index contributed by atoms with van der Waals surface area (Å²) in [6, 6.07) is 25.5. The van der Waals surface area contributed by atoms with E-state index in [0.717, 1.165) is 16.3 Å². The fraction of sp³-hybridized carbons (Fsp3) is 0.0870. The van der Waals surface area contributed by atoms with Crippen LogP contribution >= 0.6 is 0 Å². The van der Waals surface area contributed by atoms with Crippen molar-refractivity contribution in [3.8, 4) is 23.4 Å². The molecule has 0 spiro atoms. The highest BCUT2D eigenvalue weighted by molar-refractivity contribution is 5.85. The van der Waals surface area contributed by atoms with E-state index in [1.165, 1.54) is 0 Å². The maximum Gasteiger partial charge on any atom is 0.224 e. The van der Waals surface area contributed by atoms with Crippen LogP contribution in [0.4, 0.5) is 5.69 Å². The van der Waals surface area contributed by atoms with Gasteiger partial charge in [0.2, 0.25) is 5.88 Å². The number of nitrogens with two attached hydrogens (primary N) is 1. The van der Waals surface area contributed by atoms with Crippen molar-refractivity contribution >= 4 is 16.5 Å². The van der Waals surface area contributed by atoms with E-state index in [2.05, 4.69) is 24.3 Å². The van der Waals surface area contributed by atoms with Crippen LogP contribution in [0.2, 0.25) is 0 Å². The number of aromatic nitrogens is 1. The lowest BCUT2D eigenvalue weighted by Gasteiger charge is -2.15. The fourth-order valence-electron chi connectivity index (χ4n) is 3.32. The normalized spacial score (nSPS) is 10.6. The number of methoxy groups -OCH3 is 1. The molecular formula is C23H19N3O2. The number of ether oxygens (including phenoxy) is 2. The highest BCUT2D eigenvalue weighted by atomic mass is 16.5. The van der Waals surface area contributed by atoms with Crippen LogP contribution in [0.1, 0.15) is 11.3 Å². The number of para-hydroxylation sites is 2. The molecule has 0 unspecified atom stereocenters. The predicted octanol–water partition coefficient (Wildman–Crippen LogP) is 4.94. The summed E-state index contributed by atoms with van der Waals surface area (Å²) in [6.07, 6.45) is 0. The first-order valence-electron chi connectivity index (χ1n) is 8.88. The smallest absolute Gasteiger partial charge is 0.224 e. The second-order valence-electron chi connectivity index (χ2n) is 6.38. The number of nitrogens with zero attached hydrogens (tertiary/aromatic N) is 2. The summed E-state index contributed by atoms with van der Waals surface area (Å²) in [7, 11) is 1.58. The van der Waals surface area contributed by atoms with Crippen molar-refractivity contribution in [1.29, 1.82) is 5.26 Å². The van der Waals surface area contributed by atoms with E-state index in [4.69, 9.17) is 15.2 Å². The molecule has 0 radical (unpaired) electrons. The molecule has 5 nitrogen and oxygen atoms in total. The van der Waals surface area contributed by atoms with E-state index < -0.39 is 0 Å². The van der Waals surface area contributed by atoms with E-state index in [1.54, 1.807) is 23.8 Å². The minimum Gasteiger partial charge on any atom is -0.493 e. The van der Waals surface area contributed by atoms with Crippen molar-refractivity contribution in [2.45, 2.75) is 6.54 Å². The predicted molar refractivity (Wildman–Crippen MR) is 110 cm³/mol. The highest BCUT2D eigenvalue weighted by Crippen LogP contribution is 2.36. The third kappa shape index (κ3) is 3.12. The molecule has 0 aliphatic rings. The Labute approximate surface area is 163 Å². The van der Waals surface area contributed by atoms with Crippen molar-refractivity contribution < 1.29 is 9.47 Å². The summed E-state index contributed by atoms with van der Waals surface area (Å²) in [5.41, 5.74) is 8.11. The minimum absolute atomic E-state index is 0.405. The van der Waals surface area contributed by atoms with Crippen molar-refractivity contribution in [1.82, 2.24) is 4.57 Å². The molecule has 4 aromatic rings. The van der Waals surface area contributed by atoms with Crippen LogP contribution in [-0.2, 0) is 6.54 Å². The number of hydrogen-bond acceptors (Lipinski definition) is 4. The monoisotopic (exact) mass is 369 g/mol. The molecule has 3 aromatic carbocycles. The Hall–Kier alpha value is -3.91.